The molecule has 5 heteroatoms. The summed E-state index contributed by atoms with van der Waals surface area (Å²) in [4.78, 5) is 9.11. The number of hydrogen-bond acceptors (Lipinski definition) is 4. The Morgan fingerprint density at radius 2 is 2.21 bits per heavy atom. The van der Waals surface area contributed by atoms with Gasteiger partial charge in [0.2, 0.25) is 0 Å². The number of rotatable bonds is 5. The number of halogens is 1. The standard InChI is InChI=1S/C14H14ClN3S/c15-12-7-10(8-17-11-2-3-11)1-4-13(12)19-14-5-6-16-9-18-14/h1,4-7,9,11,17H,2-3,8H2. The van der Waals surface area contributed by atoms with Gasteiger partial charge in [-0.25, -0.2) is 9.97 Å². The predicted molar refractivity (Wildman–Crippen MR) is 77.5 cm³/mol. The maximum absolute atomic E-state index is 6.32. The maximum Gasteiger partial charge on any atom is 0.116 e. The Hall–Kier alpha value is -1.10. The summed E-state index contributed by atoms with van der Waals surface area (Å²) in [5.74, 6) is 0. The molecule has 2 aromatic rings. The van der Waals surface area contributed by atoms with Crippen molar-refractivity contribution in [1.82, 2.24) is 15.3 Å². The van der Waals surface area contributed by atoms with Crippen LogP contribution < -0.4 is 5.32 Å². The van der Waals surface area contributed by atoms with Crippen LogP contribution in [-0.4, -0.2) is 16.0 Å². The van der Waals surface area contributed by atoms with Crippen LogP contribution in [0, 0.1) is 0 Å². The van der Waals surface area contributed by atoms with E-state index in [9.17, 15) is 0 Å². The molecule has 0 unspecified atom stereocenters. The van der Waals surface area contributed by atoms with Crippen molar-refractivity contribution in [3.05, 3.63) is 47.4 Å². The Kier molecular flexibility index (Phi) is 4.01. The highest BCUT2D eigenvalue weighted by Crippen LogP contribution is 2.32. The summed E-state index contributed by atoms with van der Waals surface area (Å²) in [7, 11) is 0. The Morgan fingerprint density at radius 1 is 1.32 bits per heavy atom. The van der Waals surface area contributed by atoms with Gasteiger partial charge in [-0.05, 0) is 36.6 Å². The van der Waals surface area contributed by atoms with E-state index in [1.54, 1.807) is 24.3 Å². The van der Waals surface area contributed by atoms with Gasteiger partial charge in [0.15, 0.2) is 0 Å². The van der Waals surface area contributed by atoms with Crippen molar-refractivity contribution in [2.24, 2.45) is 0 Å². The first-order chi connectivity index (χ1) is 9.31. The van der Waals surface area contributed by atoms with Crippen molar-refractivity contribution in [2.45, 2.75) is 35.3 Å². The lowest BCUT2D eigenvalue weighted by Gasteiger charge is -2.07. The van der Waals surface area contributed by atoms with Crippen LogP contribution in [-0.2, 0) is 6.54 Å². The zero-order chi connectivity index (χ0) is 13.1. The first-order valence-electron chi connectivity index (χ1n) is 6.27. The van der Waals surface area contributed by atoms with Crippen LogP contribution in [0.25, 0.3) is 0 Å². The molecule has 0 spiro atoms. The van der Waals surface area contributed by atoms with E-state index in [0.29, 0.717) is 6.04 Å². The quantitative estimate of drug-likeness (QED) is 0.855. The predicted octanol–water partition coefficient (Wildman–Crippen LogP) is 3.53. The molecular formula is C14H14ClN3S. The van der Waals surface area contributed by atoms with Crippen LogP contribution in [0.5, 0.6) is 0 Å². The van der Waals surface area contributed by atoms with Gasteiger partial charge in [-0.1, -0.05) is 29.4 Å². The Balaban J connectivity index is 1.68. The van der Waals surface area contributed by atoms with Gasteiger partial charge in [0.05, 0.1) is 5.02 Å². The van der Waals surface area contributed by atoms with E-state index in [0.717, 1.165) is 21.5 Å². The second kappa shape index (κ2) is 5.90. The molecule has 1 aliphatic carbocycles. The number of aromatic nitrogens is 2. The number of benzene rings is 1. The van der Waals surface area contributed by atoms with Gasteiger partial charge >= 0.3 is 0 Å². The second-order valence-corrected chi connectivity index (χ2v) is 6.04. The molecule has 1 aromatic heterocycles. The zero-order valence-electron chi connectivity index (χ0n) is 10.3. The molecule has 1 fully saturated rings. The van der Waals surface area contributed by atoms with Crippen molar-refractivity contribution >= 4 is 23.4 Å². The van der Waals surface area contributed by atoms with Crippen LogP contribution in [0.3, 0.4) is 0 Å². The third kappa shape index (κ3) is 3.69. The minimum absolute atomic E-state index is 0.717. The van der Waals surface area contributed by atoms with E-state index >= 15 is 0 Å². The van der Waals surface area contributed by atoms with E-state index < -0.39 is 0 Å². The molecule has 1 heterocycles. The third-order valence-corrected chi connectivity index (χ3v) is 4.39. The van der Waals surface area contributed by atoms with Crippen LogP contribution in [0.1, 0.15) is 18.4 Å². The van der Waals surface area contributed by atoms with Crippen molar-refractivity contribution in [1.29, 1.82) is 0 Å². The van der Waals surface area contributed by atoms with Gasteiger partial charge in [0.1, 0.15) is 11.4 Å². The van der Waals surface area contributed by atoms with Crippen LogP contribution >= 0.6 is 23.4 Å². The molecular weight excluding hydrogens is 278 g/mol. The Labute approximate surface area is 121 Å². The van der Waals surface area contributed by atoms with Crippen LogP contribution in [0.4, 0.5) is 0 Å². The molecule has 1 aliphatic rings. The number of hydrogen-bond donors (Lipinski definition) is 1. The van der Waals surface area contributed by atoms with E-state index in [4.69, 9.17) is 11.6 Å². The molecule has 1 aromatic carbocycles. The Morgan fingerprint density at radius 3 is 2.89 bits per heavy atom. The Bertz CT molecular complexity index is 558. The highest BCUT2D eigenvalue weighted by atomic mass is 35.5. The molecule has 0 amide bonds. The highest BCUT2D eigenvalue weighted by Gasteiger charge is 2.20. The minimum Gasteiger partial charge on any atom is -0.310 e. The van der Waals surface area contributed by atoms with Gasteiger partial charge in [-0.15, -0.1) is 0 Å². The van der Waals surface area contributed by atoms with Crippen molar-refractivity contribution in [2.75, 3.05) is 0 Å². The molecule has 0 aliphatic heterocycles. The summed E-state index contributed by atoms with van der Waals surface area (Å²) in [6.45, 7) is 0.892. The van der Waals surface area contributed by atoms with Gasteiger partial charge in [0, 0.05) is 23.7 Å². The lowest BCUT2D eigenvalue weighted by molar-refractivity contribution is 0.687. The average molecular weight is 292 g/mol. The smallest absolute Gasteiger partial charge is 0.116 e. The highest BCUT2D eigenvalue weighted by molar-refractivity contribution is 7.99. The fourth-order valence-corrected chi connectivity index (χ4v) is 2.80. The maximum atomic E-state index is 6.32. The van der Waals surface area contributed by atoms with Gasteiger partial charge in [0.25, 0.3) is 0 Å². The number of nitrogens with zero attached hydrogens (tertiary/aromatic N) is 2. The van der Waals surface area contributed by atoms with Crippen molar-refractivity contribution in [3.8, 4) is 0 Å². The summed E-state index contributed by atoms with van der Waals surface area (Å²) >= 11 is 7.87. The van der Waals surface area contributed by atoms with Gasteiger partial charge in [-0.2, -0.15) is 0 Å². The second-order valence-electron chi connectivity index (χ2n) is 4.57. The van der Waals surface area contributed by atoms with Crippen LogP contribution in [0.15, 0.2) is 46.7 Å². The lowest BCUT2D eigenvalue weighted by atomic mass is 10.2. The summed E-state index contributed by atoms with van der Waals surface area (Å²) in [5, 5.41) is 5.16. The van der Waals surface area contributed by atoms with Gasteiger partial charge < -0.3 is 5.32 Å². The SMILES string of the molecule is Clc1cc(CNC2CC2)ccc1Sc1ccncn1. The van der Waals surface area contributed by atoms with E-state index in [-0.39, 0.29) is 0 Å². The summed E-state index contributed by atoms with van der Waals surface area (Å²) in [5.41, 5.74) is 1.23. The molecule has 98 valence electrons. The molecule has 3 rings (SSSR count). The summed E-state index contributed by atoms with van der Waals surface area (Å²) < 4.78 is 0. The lowest BCUT2D eigenvalue weighted by Crippen LogP contribution is -2.15. The molecule has 19 heavy (non-hydrogen) atoms. The molecule has 0 atom stereocenters. The fourth-order valence-electron chi connectivity index (χ4n) is 1.74. The van der Waals surface area contributed by atoms with Crippen LogP contribution in [0.2, 0.25) is 5.02 Å². The number of nitrogens with one attached hydrogen (secondary N) is 1. The van der Waals surface area contributed by atoms with Crippen molar-refractivity contribution < 1.29 is 0 Å². The van der Waals surface area contributed by atoms with Crippen molar-refractivity contribution in [3.63, 3.8) is 0 Å². The first-order valence-corrected chi connectivity index (χ1v) is 7.46. The average Bonchev–Trinajstić information content (AvgIpc) is 3.25. The first kappa shape index (κ1) is 12.9. The normalized spacial score (nSPS) is 14.6. The molecule has 0 bridgehead atoms. The molecule has 3 nitrogen and oxygen atoms in total. The van der Waals surface area contributed by atoms with E-state index in [2.05, 4.69) is 27.4 Å². The molecule has 1 saturated carbocycles. The third-order valence-electron chi connectivity index (χ3n) is 2.94. The topological polar surface area (TPSA) is 37.8 Å². The van der Waals surface area contributed by atoms with Gasteiger partial charge in [-0.3, -0.25) is 0 Å². The largest absolute Gasteiger partial charge is 0.310 e. The fraction of sp³-hybridized carbons (Fsp3) is 0.286. The monoisotopic (exact) mass is 291 g/mol. The van der Waals surface area contributed by atoms with E-state index in [1.807, 2.05) is 12.1 Å². The molecule has 1 N–H and O–H groups in total. The molecule has 0 radical (unpaired) electrons. The minimum atomic E-state index is 0.717. The summed E-state index contributed by atoms with van der Waals surface area (Å²) in [6.07, 6.45) is 5.88. The molecule has 0 saturated heterocycles. The zero-order valence-corrected chi connectivity index (χ0v) is 11.9. The summed E-state index contributed by atoms with van der Waals surface area (Å²) in [6, 6.07) is 8.79. The van der Waals surface area contributed by atoms with E-state index in [1.165, 1.54) is 18.4 Å².